The summed E-state index contributed by atoms with van der Waals surface area (Å²) in [5.74, 6) is -0.129. The molecule has 0 spiro atoms. The van der Waals surface area contributed by atoms with Crippen molar-refractivity contribution in [3.63, 3.8) is 0 Å². The van der Waals surface area contributed by atoms with E-state index in [0.717, 1.165) is 0 Å². The second-order valence-corrected chi connectivity index (χ2v) is 6.67. The molecule has 8 heteroatoms. The van der Waals surface area contributed by atoms with Gasteiger partial charge in [0.05, 0.1) is 5.75 Å². The largest absolute Gasteiger partial charge is 0.296 e. The van der Waals surface area contributed by atoms with Crippen LogP contribution in [0.2, 0.25) is 0 Å². The summed E-state index contributed by atoms with van der Waals surface area (Å²) in [6.07, 6.45) is 3.05. The van der Waals surface area contributed by atoms with E-state index in [1.807, 2.05) is 0 Å². The van der Waals surface area contributed by atoms with E-state index >= 15 is 0 Å². The van der Waals surface area contributed by atoms with Crippen LogP contribution >= 0.6 is 10.7 Å². The number of rotatable bonds is 3. The van der Waals surface area contributed by atoms with Crippen molar-refractivity contribution < 1.29 is 13.2 Å². The maximum atomic E-state index is 11.7. The highest BCUT2D eigenvalue weighted by atomic mass is 35.7. The number of nitrogens with zero attached hydrogens (tertiary/aromatic N) is 3. The molecule has 1 aromatic heterocycles. The Hall–Kier alpha value is -1.21. The molecule has 1 atom stereocenters. The van der Waals surface area contributed by atoms with Crippen molar-refractivity contribution in [2.45, 2.75) is 6.42 Å². The number of carbonyl (C=O) groups excluding carboxylic acids is 1. The Bertz CT molecular complexity index is 520. The average molecular weight is 276 g/mol. The first kappa shape index (κ1) is 12.3. The minimum atomic E-state index is -3.58. The molecule has 0 aromatic carbocycles. The molecule has 1 saturated heterocycles. The highest BCUT2D eigenvalue weighted by Gasteiger charge is 2.33. The number of halogens is 1. The Labute approximate surface area is 103 Å². The first-order chi connectivity index (χ1) is 7.96. The summed E-state index contributed by atoms with van der Waals surface area (Å²) >= 11 is 0. The van der Waals surface area contributed by atoms with Crippen LogP contribution in [0.4, 0.5) is 5.82 Å². The molecule has 0 saturated carbocycles. The molecule has 1 fully saturated rings. The van der Waals surface area contributed by atoms with Gasteiger partial charge in [-0.2, -0.15) is 0 Å². The highest BCUT2D eigenvalue weighted by molar-refractivity contribution is 8.13. The normalized spacial score (nSPS) is 20.9. The summed E-state index contributed by atoms with van der Waals surface area (Å²) in [6.45, 7) is 0.321. The van der Waals surface area contributed by atoms with Gasteiger partial charge in [-0.3, -0.25) is 9.69 Å². The monoisotopic (exact) mass is 275 g/mol. The topological polar surface area (TPSA) is 80.2 Å². The van der Waals surface area contributed by atoms with Gasteiger partial charge in [0, 0.05) is 35.8 Å². The van der Waals surface area contributed by atoms with E-state index in [0.29, 0.717) is 12.4 Å². The summed E-state index contributed by atoms with van der Waals surface area (Å²) in [4.78, 5) is 20.9. The van der Waals surface area contributed by atoms with Crippen LogP contribution in [-0.2, 0) is 13.8 Å². The standard InChI is InChI=1S/C9H10ClN3O3S/c10-17(15,16)5-7-3-9(14)13(4-7)8-1-2-11-6-12-8/h1-2,6-7H,3-5H2. The van der Waals surface area contributed by atoms with Crippen LogP contribution in [-0.4, -0.2) is 36.6 Å². The molecule has 0 radical (unpaired) electrons. The first-order valence-corrected chi connectivity index (χ1v) is 7.42. The quantitative estimate of drug-likeness (QED) is 0.746. The van der Waals surface area contributed by atoms with E-state index in [9.17, 15) is 13.2 Å². The van der Waals surface area contributed by atoms with Crippen LogP contribution < -0.4 is 4.90 Å². The molecule has 17 heavy (non-hydrogen) atoms. The Morgan fingerprint density at radius 2 is 2.29 bits per heavy atom. The number of hydrogen-bond acceptors (Lipinski definition) is 5. The number of aromatic nitrogens is 2. The molecule has 92 valence electrons. The van der Waals surface area contributed by atoms with Gasteiger partial charge in [-0.25, -0.2) is 18.4 Å². The molecule has 2 heterocycles. The Kier molecular flexibility index (Phi) is 3.30. The van der Waals surface area contributed by atoms with Crippen LogP contribution in [0, 0.1) is 5.92 Å². The Morgan fingerprint density at radius 3 is 2.88 bits per heavy atom. The van der Waals surface area contributed by atoms with Gasteiger partial charge in [-0.15, -0.1) is 0 Å². The maximum Gasteiger partial charge on any atom is 0.232 e. The molecule has 1 amide bonds. The SMILES string of the molecule is O=C1CC(CS(=O)(=O)Cl)CN1c1ccncn1. The van der Waals surface area contributed by atoms with E-state index in [1.54, 1.807) is 6.07 Å². The lowest BCUT2D eigenvalue weighted by Crippen LogP contribution is -2.26. The molecule has 6 nitrogen and oxygen atoms in total. The van der Waals surface area contributed by atoms with Crippen LogP contribution in [0.3, 0.4) is 0 Å². The zero-order valence-electron chi connectivity index (χ0n) is 8.78. The Balaban J connectivity index is 2.11. The van der Waals surface area contributed by atoms with Gasteiger partial charge in [0.1, 0.15) is 12.1 Å². The number of carbonyl (C=O) groups is 1. The number of anilines is 1. The van der Waals surface area contributed by atoms with Crippen molar-refractivity contribution >= 4 is 31.5 Å². The molecule has 1 aliphatic heterocycles. The second kappa shape index (κ2) is 4.58. The van der Waals surface area contributed by atoms with Gasteiger partial charge in [0.2, 0.25) is 15.0 Å². The second-order valence-electron chi connectivity index (χ2n) is 3.85. The molecule has 1 aliphatic rings. The minimum absolute atomic E-state index is 0.144. The summed E-state index contributed by atoms with van der Waals surface area (Å²) in [7, 11) is 1.60. The lowest BCUT2D eigenvalue weighted by molar-refractivity contribution is -0.117. The van der Waals surface area contributed by atoms with Crippen molar-refractivity contribution in [3.8, 4) is 0 Å². The number of amides is 1. The van der Waals surface area contributed by atoms with Gasteiger partial charge < -0.3 is 0 Å². The molecule has 2 rings (SSSR count). The molecule has 0 bridgehead atoms. The average Bonchev–Trinajstić information content (AvgIpc) is 2.58. The molecular weight excluding hydrogens is 266 g/mol. The molecule has 1 aromatic rings. The third-order valence-electron chi connectivity index (χ3n) is 2.48. The lowest BCUT2D eigenvalue weighted by atomic mass is 10.1. The fourth-order valence-corrected chi connectivity index (χ4v) is 3.16. The van der Waals surface area contributed by atoms with Crippen LogP contribution in [0.1, 0.15) is 6.42 Å². The van der Waals surface area contributed by atoms with Gasteiger partial charge >= 0.3 is 0 Å². The van der Waals surface area contributed by atoms with E-state index in [2.05, 4.69) is 9.97 Å². The third-order valence-corrected chi connectivity index (χ3v) is 3.73. The van der Waals surface area contributed by atoms with Crippen LogP contribution in [0.15, 0.2) is 18.6 Å². The predicted molar refractivity (Wildman–Crippen MR) is 62.1 cm³/mol. The van der Waals surface area contributed by atoms with Gasteiger partial charge in [-0.1, -0.05) is 0 Å². The van der Waals surface area contributed by atoms with Crippen molar-refractivity contribution in [2.24, 2.45) is 5.92 Å². The summed E-state index contributed by atoms with van der Waals surface area (Å²) in [5, 5.41) is 0. The molecular formula is C9H10ClN3O3S. The molecule has 1 unspecified atom stereocenters. The van der Waals surface area contributed by atoms with E-state index < -0.39 is 9.05 Å². The van der Waals surface area contributed by atoms with Gasteiger partial charge in [0.25, 0.3) is 0 Å². The van der Waals surface area contributed by atoms with Crippen molar-refractivity contribution in [1.82, 2.24) is 9.97 Å². The van der Waals surface area contributed by atoms with E-state index in [4.69, 9.17) is 10.7 Å². The Morgan fingerprint density at radius 1 is 1.53 bits per heavy atom. The molecule has 0 N–H and O–H groups in total. The first-order valence-electron chi connectivity index (χ1n) is 4.94. The summed E-state index contributed by atoms with van der Waals surface area (Å²) in [6, 6.07) is 1.61. The number of hydrogen-bond donors (Lipinski definition) is 0. The van der Waals surface area contributed by atoms with E-state index in [-0.39, 0.29) is 24.0 Å². The van der Waals surface area contributed by atoms with Crippen LogP contribution in [0.5, 0.6) is 0 Å². The fourth-order valence-electron chi connectivity index (χ4n) is 1.84. The van der Waals surface area contributed by atoms with E-state index in [1.165, 1.54) is 17.4 Å². The fraction of sp³-hybridized carbons (Fsp3) is 0.444. The summed E-state index contributed by atoms with van der Waals surface area (Å²) < 4.78 is 21.9. The maximum absolute atomic E-state index is 11.7. The molecule has 0 aliphatic carbocycles. The van der Waals surface area contributed by atoms with Crippen molar-refractivity contribution in [1.29, 1.82) is 0 Å². The zero-order chi connectivity index (χ0) is 12.5. The smallest absolute Gasteiger partial charge is 0.232 e. The van der Waals surface area contributed by atoms with Crippen molar-refractivity contribution in [2.75, 3.05) is 17.2 Å². The van der Waals surface area contributed by atoms with Crippen LogP contribution in [0.25, 0.3) is 0 Å². The van der Waals surface area contributed by atoms with Gasteiger partial charge in [0.15, 0.2) is 0 Å². The summed E-state index contributed by atoms with van der Waals surface area (Å²) in [5.41, 5.74) is 0. The zero-order valence-corrected chi connectivity index (χ0v) is 10.4. The lowest BCUT2D eigenvalue weighted by Gasteiger charge is -2.14. The third kappa shape index (κ3) is 3.13. The minimum Gasteiger partial charge on any atom is -0.296 e. The highest BCUT2D eigenvalue weighted by Crippen LogP contribution is 2.24. The van der Waals surface area contributed by atoms with Gasteiger partial charge in [-0.05, 0) is 6.07 Å². The van der Waals surface area contributed by atoms with Crippen molar-refractivity contribution in [3.05, 3.63) is 18.6 Å². The predicted octanol–water partition coefficient (Wildman–Crippen LogP) is 0.398.